The van der Waals surface area contributed by atoms with Gasteiger partial charge in [-0.05, 0) is 36.4 Å². The molecule has 0 aliphatic carbocycles. The van der Waals surface area contributed by atoms with Gasteiger partial charge in [-0.1, -0.05) is 0 Å². The first kappa shape index (κ1) is 18.6. The Bertz CT molecular complexity index is 1000. The van der Waals surface area contributed by atoms with E-state index in [2.05, 4.69) is 4.98 Å². The van der Waals surface area contributed by atoms with E-state index in [9.17, 15) is 18.0 Å². The van der Waals surface area contributed by atoms with Gasteiger partial charge in [0.2, 0.25) is 0 Å². The number of H-pyrrole nitrogens is 1. The monoisotopic (exact) mass is 379 g/mol. The summed E-state index contributed by atoms with van der Waals surface area (Å²) in [4.78, 5) is 14.1. The highest BCUT2D eigenvalue weighted by Crippen LogP contribution is 2.41. The van der Waals surface area contributed by atoms with Gasteiger partial charge >= 0.3 is 5.97 Å². The van der Waals surface area contributed by atoms with Gasteiger partial charge in [0.25, 0.3) is 6.43 Å². The van der Waals surface area contributed by atoms with Crippen LogP contribution in [-0.4, -0.2) is 36.7 Å². The van der Waals surface area contributed by atoms with E-state index in [0.29, 0.717) is 22.6 Å². The van der Waals surface area contributed by atoms with E-state index in [1.165, 1.54) is 38.5 Å². The third kappa shape index (κ3) is 3.30. The Balaban J connectivity index is 2.28. The predicted molar refractivity (Wildman–Crippen MR) is 93.7 cm³/mol. The third-order valence-electron chi connectivity index (χ3n) is 4.25. The number of fused-ring (bicyclic) bond motifs is 1. The summed E-state index contributed by atoms with van der Waals surface area (Å²) >= 11 is 0. The lowest BCUT2D eigenvalue weighted by Crippen LogP contribution is -2.04. The van der Waals surface area contributed by atoms with Crippen LogP contribution in [0.5, 0.6) is 11.5 Å². The number of aromatic amines is 1. The summed E-state index contributed by atoms with van der Waals surface area (Å²) in [5.41, 5.74) is 0.460. The van der Waals surface area contributed by atoms with Gasteiger partial charge in [0.1, 0.15) is 0 Å². The molecule has 0 amide bonds. The minimum atomic E-state index is -3.27. The summed E-state index contributed by atoms with van der Waals surface area (Å²) in [6, 6.07) is 8.60. The first-order valence-electron chi connectivity index (χ1n) is 7.91. The minimum Gasteiger partial charge on any atom is -0.493 e. The van der Waals surface area contributed by atoms with E-state index in [4.69, 9.17) is 14.6 Å². The summed E-state index contributed by atoms with van der Waals surface area (Å²) in [6.45, 7) is 0. The number of nitrogens with one attached hydrogen (secondary N) is 1. The zero-order valence-corrected chi connectivity index (χ0v) is 14.4. The van der Waals surface area contributed by atoms with Gasteiger partial charge in [0, 0.05) is 22.0 Å². The second kappa shape index (κ2) is 7.22. The first-order chi connectivity index (χ1) is 12.9. The largest absolute Gasteiger partial charge is 0.493 e. The fourth-order valence-electron chi connectivity index (χ4n) is 2.98. The van der Waals surface area contributed by atoms with Gasteiger partial charge in [0.15, 0.2) is 17.7 Å². The fourth-order valence-corrected chi connectivity index (χ4v) is 2.98. The number of hydrogen-bond donors (Lipinski definition) is 2. The van der Waals surface area contributed by atoms with Gasteiger partial charge in [-0.3, -0.25) is 0 Å². The second-order valence-corrected chi connectivity index (χ2v) is 5.79. The van der Waals surface area contributed by atoms with E-state index in [1.54, 1.807) is 12.1 Å². The third-order valence-corrected chi connectivity index (χ3v) is 4.25. The SMILES string of the molecule is COc1ccc(-c2[nH]c3ccc(C(=O)O)cc3c2C(F)C(F)F)cc1OC. The number of methoxy groups -OCH3 is 2. The van der Waals surface area contributed by atoms with E-state index in [0.717, 1.165) is 0 Å². The number of carboxylic acids is 1. The van der Waals surface area contributed by atoms with Crippen molar-refractivity contribution >= 4 is 16.9 Å². The van der Waals surface area contributed by atoms with E-state index >= 15 is 0 Å². The average molecular weight is 379 g/mol. The highest BCUT2D eigenvalue weighted by molar-refractivity contribution is 5.97. The number of alkyl halides is 3. The summed E-state index contributed by atoms with van der Waals surface area (Å²) in [5, 5.41) is 9.24. The van der Waals surface area contributed by atoms with Crippen LogP contribution < -0.4 is 9.47 Å². The van der Waals surface area contributed by atoms with Crippen molar-refractivity contribution in [2.24, 2.45) is 0 Å². The fraction of sp³-hybridized carbons (Fsp3) is 0.211. The molecule has 0 bridgehead atoms. The molecule has 5 nitrogen and oxygen atoms in total. The van der Waals surface area contributed by atoms with Crippen LogP contribution in [0.25, 0.3) is 22.2 Å². The van der Waals surface area contributed by atoms with Crippen LogP contribution in [0.3, 0.4) is 0 Å². The number of halogens is 3. The maximum atomic E-state index is 14.5. The molecular weight excluding hydrogens is 363 g/mol. The summed E-state index contributed by atoms with van der Waals surface area (Å²) < 4.78 is 51.2. The van der Waals surface area contributed by atoms with Crippen LogP contribution in [0, 0.1) is 0 Å². The number of carboxylic acid groups (broad SMARTS) is 1. The molecule has 1 unspecified atom stereocenters. The molecule has 1 atom stereocenters. The summed E-state index contributed by atoms with van der Waals surface area (Å²) in [7, 11) is 2.87. The molecule has 142 valence electrons. The molecule has 0 saturated heterocycles. The van der Waals surface area contributed by atoms with Gasteiger partial charge in [0.05, 0.1) is 25.5 Å². The highest BCUT2D eigenvalue weighted by Gasteiger charge is 2.29. The molecule has 0 radical (unpaired) electrons. The van der Waals surface area contributed by atoms with Crippen LogP contribution in [-0.2, 0) is 0 Å². The van der Waals surface area contributed by atoms with E-state index in [-0.39, 0.29) is 22.2 Å². The number of ether oxygens (including phenoxy) is 2. The van der Waals surface area contributed by atoms with Crippen LogP contribution in [0.15, 0.2) is 36.4 Å². The molecule has 1 heterocycles. The summed E-state index contributed by atoms with van der Waals surface area (Å²) in [5.74, 6) is -0.458. The number of aromatic carboxylic acids is 1. The van der Waals surface area contributed by atoms with Gasteiger partial charge < -0.3 is 19.6 Å². The van der Waals surface area contributed by atoms with E-state index in [1.807, 2.05) is 0 Å². The van der Waals surface area contributed by atoms with Crippen molar-refractivity contribution in [3.8, 4) is 22.8 Å². The molecule has 0 spiro atoms. The molecule has 1 aromatic heterocycles. The Morgan fingerprint density at radius 1 is 1.04 bits per heavy atom. The van der Waals surface area contributed by atoms with Crippen molar-refractivity contribution in [3.63, 3.8) is 0 Å². The maximum Gasteiger partial charge on any atom is 0.335 e. The molecule has 2 N–H and O–H groups in total. The molecule has 27 heavy (non-hydrogen) atoms. The quantitative estimate of drug-likeness (QED) is 0.644. The Morgan fingerprint density at radius 3 is 2.33 bits per heavy atom. The smallest absolute Gasteiger partial charge is 0.335 e. The minimum absolute atomic E-state index is 0.0903. The van der Waals surface area contributed by atoms with Crippen molar-refractivity contribution in [1.29, 1.82) is 0 Å². The van der Waals surface area contributed by atoms with Crippen molar-refractivity contribution in [2.45, 2.75) is 12.6 Å². The molecular formula is C19H16F3NO4. The number of carbonyl (C=O) groups is 1. The number of rotatable bonds is 6. The molecule has 3 rings (SSSR count). The highest BCUT2D eigenvalue weighted by atomic mass is 19.3. The zero-order valence-electron chi connectivity index (χ0n) is 14.4. The number of benzene rings is 2. The van der Waals surface area contributed by atoms with Crippen LogP contribution >= 0.6 is 0 Å². The van der Waals surface area contributed by atoms with Crippen molar-refractivity contribution in [1.82, 2.24) is 4.98 Å². The Morgan fingerprint density at radius 2 is 1.74 bits per heavy atom. The Hall–Kier alpha value is -3.16. The first-order valence-corrected chi connectivity index (χ1v) is 7.91. The lowest BCUT2D eigenvalue weighted by Gasteiger charge is -2.12. The average Bonchev–Trinajstić information content (AvgIpc) is 3.05. The van der Waals surface area contributed by atoms with Crippen LogP contribution in [0.4, 0.5) is 13.2 Å². The van der Waals surface area contributed by atoms with Crippen molar-refractivity contribution in [2.75, 3.05) is 14.2 Å². The van der Waals surface area contributed by atoms with Crippen molar-refractivity contribution < 1.29 is 32.5 Å². The number of hydrogen-bond acceptors (Lipinski definition) is 3. The lowest BCUT2D eigenvalue weighted by molar-refractivity contribution is 0.0506. The van der Waals surface area contributed by atoms with Crippen molar-refractivity contribution in [3.05, 3.63) is 47.5 Å². The molecule has 0 saturated carbocycles. The maximum absolute atomic E-state index is 14.5. The molecule has 0 fully saturated rings. The molecule has 2 aromatic carbocycles. The van der Waals surface area contributed by atoms with E-state index < -0.39 is 18.6 Å². The van der Waals surface area contributed by atoms with Gasteiger partial charge in [-0.2, -0.15) is 0 Å². The molecule has 8 heteroatoms. The predicted octanol–water partition coefficient (Wildman–Crippen LogP) is 4.83. The van der Waals surface area contributed by atoms with Gasteiger partial charge in [-0.15, -0.1) is 0 Å². The topological polar surface area (TPSA) is 71.6 Å². The Kier molecular flexibility index (Phi) is 4.98. The standard InChI is InChI=1S/C19H16F3NO4/c1-26-13-6-4-9(8-14(13)27-2)17-15(16(20)18(21)22)11-7-10(19(24)25)3-5-12(11)23-17/h3-8,16,18,23H,1-2H3,(H,24,25). The molecule has 0 aliphatic rings. The second-order valence-electron chi connectivity index (χ2n) is 5.79. The van der Waals surface area contributed by atoms with Crippen LogP contribution in [0.1, 0.15) is 22.1 Å². The molecule has 0 aliphatic heterocycles. The number of aromatic nitrogens is 1. The lowest BCUT2D eigenvalue weighted by atomic mass is 10.00. The normalized spacial score (nSPS) is 12.4. The summed E-state index contributed by atoms with van der Waals surface area (Å²) in [6.07, 6.45) is -5.86. The molecule has 3 aromatic rings. The zero-order chi connectivity index (χ0) is 19.7. The van der Waals surface area contributed by atoms with Crippen LogP contribution in [0.2, 0.25) is 0 Å². The van der Waals surface area contributed by atoms with Gasteiger partial charge in [-0.25, -0.2) is 18.0 Å². The Labute approximate surface area is 152 Å².